The van der Waals surface area contributed by atoms with Gasteiger partial charge in [0.2, 0.25) is 0 Å². The van der Waals surface area contributed by atoms with Crippen molar-refractivity contribution in [2.75, 3.05) is 0 Å². The zero-order chi connectivity index (χ0) is 9.68. The Morgan fingerprint density at radius 2 is 2.38 bits per heavy atom. The van der Waals surface area contributed by atoms with Gasteiger partial charge in [0, 0.05) is 0 Å². The maximum atomic E-state index is 11.3. The molecule has 0 radical (unpaired) electrons. The molecule has 1 rings (SSSR count). The van der Waals surface area contributed by atoms with Crippen molar-refractivity contribution in [3.05, 3.63) is 34.0 Å². The van der Waals surface area contributed by atoms with Crippen LogP contribution in [-0.2, 0) is 0 Å². The minimum atomic E-state index is -0.0696. The zero-order valence-electron chi connectivity index (χ0n) is 8.00. The molecule has 1 aromatic rings. The largest absolute Gasteiger partial charge is 0.313 e. The molecule has 0 aliphatic heterocycles. The van der Waals surface area contributed by atoms with Gasteiger partial charge >= 0.3 is 0 Å². The van der Waals surface area contributed by atoms with E-state index in [0.717, 1.165) is 18.5 Å². The molecule has 0 bridgehead atoms. The Morgan fingerprint density at radius 1 is 1.62 bits per heavy atom. The number of rotatable bonds is 3. The maximum absolute atomic E-state index is 11.3. The summed E-state index contributed by atoms with van der Waals surface area (Å²) >= 11 is 0. The van der Waals surface area contributed by atoms with Gasteiger partial charge in [0.25, 0.3) is 5.56 Å². The summed E-state index contributed by atoms with van der Waals surface area (Å²) in [6.07, 6.45) is 7.35. The molecule has 0 unspecified atom stereocenters. The fourth-order valence-corrected chi connectivity index (χ4v) is 1.06. The standard InChI is InChI=1S/C10H14N2O/c1-3-4-5-6-9-8(2)11-7-12-10(9)13/h5-7H,3-4H2,1-2H3,(H,11,12,13)/b6-5-. The molecule has 70 valence electrons. The third-order valence-electron chi connectivity index (χ3n) is 1.83. The molecule has 3 nitrogen and oxygen atoms in total. The molecule has 0 aliphatic carbocycles. The smallest absolute Gasteiger partial charge is 0.258 e. The molecule has 0 saturated heterocycles. The molecule has 0 saturated carbocycles. The second-order valence-corrected chi connectivity index (χ2v) is 2.92. The van der Waals surface area contributed by atoms with E-state index in [0.29, 0.717) is 5.56 Å². The van der Waals surface area contributed by atoms with Crippen LogP contribution in [0, 0.1) is 6.92 Å². The summed E-state index contributed by atoms with van der Waals surface area (Å²) in [5, 5.41) is 0. The summed E-state index contributed by atoms with van der Waals surface area (Å²) in [5.74, 6) is 0. The van der Waals surface area contributed by atoms with Crippen LogP contribution in [0.4, 0.5) is 0 Å². The van der Waals surface area contributed by atoms with E-state index in [1.165, 1.54) is 6.33 Å². The van der Waals surface area contributed by atoms with Crippen molar-refractivity contribution in [2.24, 2.45) is 0 Å². The highest BCUT2D eigenvalue weighted by Crippen LogP contribution is 2.00. The number of hydrogen-bond acceptors (Lipinski definition) is 2. The Labute approximate surface area is 77.5 Å². The third-order valence-corrected chi connectivity index (χ3v) is 1.83. The summed E-state index contributed by atoms with van der Waals surface area (Å²) in [4.78, 5) is 17.8. The zero-order valence-corrected chi connectivity index (χ0v) is 8.00. The normalized spacial score (nSPS) is 10.9. The van der Waals surface area contributed by atoms with Crippen LogP contribution in [0.5, 0.6) is 0 Å². The fourth-order valence-electron chi connectivity index (χ4n) is 1.06. The average Bonchev–Trinajstić information content (AvgIpc) is 2.10. The second-order valence-electron chi connectivity index (χ2n) is 2.92. The minimum Gasteiger partial charge on any atom is -0.313 e. The molecule has 1 aromatic heterocycles. The number of nitrogens with zero attached hydrogens (tertiary/aromatic N) is 1. The lowest BCUT2D eigenvalue weighted by Crippen LogP contribution is -2.11. The highest BCUT2D eigenvalue weighted by molar-refractivity contribution is 5.49. The summed E-state index contributed by atoms with van der Waals surface area (Å²) in [6, 6.07) is 0. The van der Waals surface area contributed by atoms with Crippen LogP contribution >= 0.6 is 0 Å². The van der Waals surface area contributed by atoms with E-state index in [9.17, 15) is 4.79 Å². The number of aryl methyl sites for hydroxylation is 1. The van der Waals surface area contributed by atoms with Crippen LogP contribution in [0.15, 0.2) is 17.2 Å². The quantitative estimate of drug-likeness (QED) is 0.768. The molecule has 0 fully saturated rings. The van der Waals surface area contributed by atoms with Crippen molar-refractivity contribution < 1.29 is 0 Å². The third kappa shape index (κ3) is 2.54. The number of hydrogen-bond donors (Lipinski definition) is 1. The van der Waals surface area contributed by atoms with Crippen LogP contribution in [0.2, 0.25) is 0 Å². The SMILES string of the molecule is CCC/C=C\c1c(C)nc[nH]c1=O. The van der Waals surface area contributed by atoms with Crippen LogP contribution in [0.1, 0.15) is 31.0 Å². The number of unbranched alkanes of at least 4 members (excludes halogenated alkanes) is 1. The van der Waals surface area contributed by atoms with Gasteiger partial charge in [0.05, 0.1) is 17.6 Å². The molecule has 13 heavy (non-hydrogen) atoms. The van der Waals surface area contributed by atoms with Gasteiger partial charge in [-0.05, 0) is 13.3 Å². The van der Waals surface area contributed by atoms with E-state index >= 15 is 0 Å². The number of aromatic nitrogens is 2. The van der Waals surface area contributed by atoms with Crippen molar-refractivity contribution in [1.29, 1.82) is 0 Å². The lowest BCUT2D eigenvalue weighted by atomic mass is 10.2. The van der Waals surface area contributed by atoms with Crippen LogP contribution in [0.25, 0.3) is 6.08 Å². The molecule has 0 spiro atoms. The first-order valence-corrected chi connectivity index (χ1v) is 4.46. The number of allylic oxidation sites excluding steroid dienone is 1. The minimum absolute atomic E-state index is 0.0696. The van der Waals surface area contributed by atoms with Crippen molar-refractivity contribution in [2.45, 2.75) is 26.7 Å². The number of H-pyrrole nitrogens is 1. The summed E-state index contributed by atoms with van der Waals surface area (Å²) in [5.41, 5.74) is 1.37. The summed E-state index contributed by atoms with van der Waals surface area (Å²) < 4.78 is 0. The molecule has 0 aliphatic rings. The van der Waals surface area contributed by atoms with Gasteiger partial charge in [-0.2, -0.15) is 0 Å². The lowest BCUT2D eigenvalue weighted by molar-refractivity contribution is 0.961. The van der Waals surface area contributed by atoms with Crippen LogP contribution in [-0.4, -0.2) is 9.97 Å². The van der Waals surface area contributed by atoms with Gasteiger partial charge in [-0.3, -0.25) is 4.79 Å². The molecule has 3 heteroatoms. The van der Waals surface area contributed by atoms with E-state index in [1.54, 1.807) is 0 Å². The van der Waals surface area contributed by atoms with E-state index < -0.39 is 0 Å². The topological polar surface area (TPSA) is 45.8 Å². The van der Waals surface area contributed by atoms with Crippen molar-refractivity contribution >= 4 is 6.08 Å². The number of aromatic amines is 1. The first-order valence-electron chi connectivity index (χ1n) is 4.46. The van der Waals surface area contributed by atoms with E-state index in [1.807, 2.05) is 19.1 Å². The number of nitrogens with one attached hydrogen (secondary N) is 1. The predicted octanol–water partition coefficient (Wildman–Crippen LogP) is 1.89. The van der Waals surface area contributed by atoms with Crippen molar-refractivity contribution in [3.63, 3.8) is 0 Å². The van der Waals surface area contributed by atoms with Crippen molar-refractivity contribution in [1.82, 2.24) is 9.97 Å². The summed E-state index contributed by atoms with van der Waals surface area (Å²) in [7, 11) is 0. The molecular weight excluding hydrogens is 164 g/mol. The monoisotopic (exact) mass is 178 g/mol. The Hall–Kier alpha value is -1.38. The fraction of sp³-hybridized carbons (Fsp3) is 0.400. The Kier molecular flexibility index (Phi) is 3.43. The van der Waals surface area contributed by atoms with E-state index in [2.05, 4.69) is 16.9 Å². The Bertz CT molecular complexity index is 352. The Morgan fingerprint density at radius 3 is 3.00 bits per heavy atom. The van der Waals surface area contributed by atoms with E-state index in [-0.39, 0.29) is 5.56 Å². The molecule has 1 N–H and O–H groups in total. The lowest BCUT2D eigenvalue weighted by Gasteiger charge is -1.95. The van der Waals surface area contributed by atoms with E-state index in [4.69, 9.17) is 0 Å². The Balaban J connectivity index is 2.94. The van der Waals surface area contributed by atoms with Gasteiger partial charge in [0.1, 0.15) is 0 Å². The molecule has 1 heterocycles. The molecular formula is C10H14N2O. The van der Waals surface area contributed by atoms with Gasteiger partial charge in [-0.25, -0.2) is 4.98 Å². The van der Waals surface area contributed by atoms with Crippen molar-refractivity contribution in [3.8, 4) is 0 Å². The summed E-state index contributed by atoms with van der Waals surface area (Å²) in [6.45, 7) is 3.94. The van der Waals surface area contributed by atoms with Gasteiger partial charge in [0.15, 0.2) is 0 Å². The first kappa shape index (κ1) is 9.71. The van der Waals surface area contributed by atoms with Crippen LogP contribution < -0.4 is 5.56 Å². The average molecular weight is 178 g/mol. The molecule has 0 amide bonds. The van der Waals surface area contributed by atoms with Gasteiger partial charge in [-0.15, -0.1) is 0 Å². The van der Waals surface area contributed by atoms with Crippen LogP contribution in [0.3, 0.4) is 0 Å². The molecule has 0 aromatic carbocycles. The van der Waals surface area contributed by atoms with Gasteiger partial charge < -0.3 is 4.98 Å². The predicted molar refractivity (Wildman–Crippen MR) is 53.5 cm³/mol. The first-order chi connectivity index (χ1) is 6.25. The second kappa shape index (κ2) is 4.60. The highest BCUT2D eigenvalue weighted by atomic mass is 16.1. The van der Waals surface area contributed by atoms with Gasteiger partial charge in [-0.1, -0.05) is 25.5 Å². The molecule has 0 atom stereocenters. The maximum Gasteiger partial charge on any atom is 0.258 e. The highest BCUT2D eigenvalue weighted by Gasteiger charge is 1.98.